The summed E-state index contributed by atoms with van der Waals surface area (Å²) in [4.78, 5) is 25.1. The molecule has 134 valence electrons. The van der Waals surface area contributed by atoms with Crippen LogP contribution < -0.4 is 0 Å². The van der Waals surface area contributed by atoms with Gasteiger partial charge in [-0.05, 0) is 38.5 Å². The maximum absolute atomic E-state index is 12.6. The van der Waals surface area contributed by atoms with Crippen LogP contribution in [0.1, 0.15) is 66.2 Å². The van der Waals surface area contributed by atoms with Crippen molar-refractivity contribution in [1.29, 1.82) is 0 Å². The predicted octanol–water partition coefficient (Wildman–Crippen LogP) is 4.66. The van der Waals surface area contributed by atoms with Crippen LogP contribution in [-0.4, -0.2) is 24.8 Å². The Morgan fingerprint density at radius 2 is 2.12 bits per heavy atom. The van der Waals surface area contributed by atoms with Crippen LogP contribution in [-0.2, 0) is 14.3 Å². The number of allylic oxidation sites excluding steroid dienone is 2. The fourth-order valence-corrected chi connectivity index (χ4v) is 4.70. The van der Waals surface area contributed by atoms with E-state index in [4.69, 9.17) is 4.74 Å². The number of ether oxygens (including phenoxy) is 1. The molecule has 0 bridgehead atoms. The number of rotatable bonds is 7. The van der Waals surface area contributed by atoms with Gasteiger partial charge in [-0.1, -0.05) is 32.4 Å². The molecule has 2 aliphatic carbocycles. The van der Waals surface area contributed by atoms with Crippen LogP contribution >= 0.6 is 0 Å². The second-order valence-electron chi connectivity index (χ2n) is 7.95. The van der Waals surface area contributed by atoms with Crippen LogP contribution in [0.2, 0.25) is 0 Å². The zero-order chi connectivity index (χ0) is 18.1. The molecule has 3 heteroatoms. The first-order valence-corrected chi connectivity index (χ1v) is 9.20. The highest BCUT2D eigenvalue weighted by atomic mass is 16.5. The van der Waals surface area contributed by atoms with Crippen molar-refractivity contribution in [3.8, 4) is 0 Å². The van der Waals surface area contributed by atoms with Crippen molar-refractivity contribution in [2.24, 2.45) is 16.7 Å². The summed E-state index contributed by atoms with van der Waals surface area (Å²) in [5.41, 5.74) is 1.39. The van der Waals surface area contributed by atoms with Crippen LogP contribution in [0.3, 0.4) is 0 Å². The van der Waals surface area contributed by atoms with Gasteiger partial charge >= 0.3 is 0 Å². The predicted molar refractivity (Wildman–Crippen MR) is 96.8 cm³/mol. The van der Waals surface area contributed by atoms with Crippen molar-refractivity contribution in [1.82, 2.24) is 0 Å². The van der Waals surface area contributed by atoms with E-state index in [-0.39, 0.29) is 23.1 Å². The topological polar surface area (TPSA) is 43.4 Å². The highest BCUT2D eigenvalue weighted by Gasteiger charge is 2.51. The molecule has 2 rings (SSSR count). The van der Waals surface area contributed by atoms with E-state index < -0.39 is 5.41 Å². The van der Waals surface area contributed by atoms with Gasteiger partial charge in [0.1, 0.15) is 5.78 Å². The number of carbonyl (C=O) groups is 2. The molecule has 24 heavy (non-hydrogen) atoms. The van der Waals surface area contributed by atoms with Crippen molar-refractivity contribution >= 4 is 11.6 Å². The average molecular weight is 332 g/mol. The van der Waals surface area contributed by atoms with Crippen molar-refractivity contribution in [3.05, 3.63) is 23.8 Å². The third-order valence-electron chi connectivity index (χ3n) is 6.70. The SMILES string of the molecule is C=C[C@](C)(C[C@@H](OC)C1(C)C2=C(CCC2=O)CCC1C)C(=O)CC. The number of methoxy groups -OCH3 is 1. The molecule has 0 aromatic carbocycles. The monoisotopic (exact) mass is 332 g/mol. The van der Waals surface area contributed by atoms with Crippen LogP contribution in [0.15, 0.2) is 23.8 Å². The number of hydrogen-bond acceptors (Lipinski definition) is 3. The molecule has 0 N–H and O–H groups in total. The third kappa shape index (κ3) is 2.92. The van der Waals surface area contributed by atoms with E-state index in [0.29, 0.717) is 25.2 Å². The highest BCUT2D eigenvalue weighted by molar-refractivity contribution is 6.00. The first-order chi connectivity index (χ1) is 11.2. The molecule has 2 unspecified atom stereocenters. The maximum atomic E-state index is 12.6. The lowest BCUT2D eigenvalue weighted by atomic mass is 9.59. The highest BCUT2D eigenvalue weighted by Crippen LogP contribution is 2.54. The Labute approximate surface area is 146 Å². The molecule has 0 aromatic heterocycles. The van der Waals surface area contributed by atoms with Crippen LogP contribution in [0, 0.1) is 16.7 Å². The van der Waals surface area contributed by atoms with Crippen molar-refractivity contribution in [2.45, 2.75) is 72.3 Å². The van der Waals surface area contributed by atoms with E-state index in [9.17, 15) is 9.59 Å². The molecule has 0 amide bonds. The Hall–Kier alpha value is -1.22. The Bertz CT molecular complexity index is 574. The molecule has 3 nitrogen and oxygen atoms in total. The summed E-state index contributed by atoms with van der Waals surface area (Å²) in [5.74, 6) is 0.816. The third-order valence-corrected chi connectivity index (χ3v) is 6.70. The number of ketones is 2. The summed E-state index contributed by atoms with van der Waals surface area (Å²) in [5, 5.41) is 0. The quantitative estimate of drug-likeness (QED) is 0.637. The first kappa shape index (κ1) is 19.1. The fourth-order valence-electron chi connectivity index (χ4n) is 4.70. The minimum absolute atomic E-state index is 0.168. The average Bonchev–Trinajstić information content (AvgIpc) is 2.97. The lowest BCUT2D eigenvalue weighted by molar-refractivity contribution is -0.129. The molecule has 0 heterocycles. The molecular formula is C21H32O3. The Balaban J connectivity index is 2.44. The molecule has 0 radical (unpaired) electrons. The molecule has 2 aliphatic rings. The van der Waals surface area contributed by atoms with Gasteiger partial charge in [-0.25, -0.2) is 0 Å². The van der Waals surface area contributed by atoms with Gasteiger partial charge in [0.2, 0.25) is 0 Å². The molecular weight excluding hydrogens is 300 g/mol. The van der Waals surface area contributed by atoms with Crippen LogP contribution in [0.4, 0.5) is 0 Å². The van der Waals surface area contributed by atoms with Gasteiger partial charge in [-0.2, -0.15) is 0 Å². The zero-order valence-electron chi connectivity index (χ0n) is 15.9. The number of hydrogen-bond donors (Lipinski definition) is 0. The largest absolute Gasteiger partial charge is 0.380 e. The molecule has 0 saturated carbocycles. The molecule has 0 aliphatic heterocycles. The standard InChI is InChI=1S/C21H32O3/c1-7-17(23)20(4,8-2)13-18(24-6)21(5)14(3)9-10-15-11-12-16(22)19(15)21/h8,14,18H,2,7,9-13H2,1,3-6H3/t14?,18-,20-,21?/m1/s1. The Morgan fingerprint density at radius 1 is 1.46 bits per heavy atom. The van der Waals surface area contributed by atoms with E-state index >= 15 is 0 Å². The first-order valence-electron chi connectivity index (χ1n) is 9.20. The second-order valence-corrected chi connectivity index (χ2v) is 7.95. The second kappa shape index (κ2) is 6.95. The zero-order valence-corrected chi connectivity index (χ0v) is 15.9. The van der Waals surface area contributed by atoms with Crippen molar-refractivity contribution < 1.29 is 14.3 Å². The fraction of sp³-hybridized carbons (Fsp3) is 0.714. The van der Waals surface area contributed by atoms with E-state index in [1.807, 2.05) is 13.8 Å². The lowest BCUT2D eigenvalue weighted by Gasteiger charge is -2.47. The van der Waals surface area contributed by atoms with Gasteiger partial charge in [0.15, 0.2) is 5.78 Å². The smallest absolute Gasteiger partial charge is 0.159 e. The summed E-state index contributed by atoms with van der Waals surface area (Å²) >= 11 is 0. The molecule has 0 saturated heterocycles. The van der Waals surface area contributed by atoms with E-state index in [1.54, 1.807) is 13.2 Å². The van der Waals surface area contributed by atoms with Gasteiger partial charge < -0.3 is 4.74 Å². The van der Waals surface area contributed by atoms with Gasteiger partial charge in [-0.15, -0.1) is 6.58 Å². The summed E-state index contributed by atoms with van der Waals surface area (Å²) in [6.07, 6.45) is 6.29. The molecule has 4 atom stereocenters. The summed E-state index contributed by atoms with van der Waals surface area (Å²) in [6, 6.07) is 0. The molecule has 0 fully saturated rings. The van der Waals surface area contributed by atoms with E-state index in [1.165, 1.54) is 5.57 Å². The summed E-state index contributed by atoms with van der Waals surface area (Å²) in [7, 11) is 1.71. The lowest BCUT2D eigenvalue weighted by Crippen LogP contribution is -2.47. The van der Waals surface area contributed by atoms with Gasteiger partial charge in [0.05, 0.1) is 6.10 Å². The van der Waals surface area contributed by atoms with Crippen molar-refractivity contribution in [3.63, 3.8) is 0 Å². The Kier molecular flexibility index (Phi) is 5.54. The minimum atomic E-state index is -0.613. The van der Waals surface area contributed by atoms with Crippen LogP contribution in [0.25, 0.3) is 0 Å². The van der Waals surface area contributed by atoms with Gasteiger partial charge in [-0.3, -0.25) is 9.59 Å². The molecule has 0 aromatic rings. The van der Waals surface area contributed by atoms with Crippen molar-refractivity contribution in [2.75, 3.05) is 7.11 Å². The maximum Gasteiger partial charge on any atom is 0.159 e. The van der Waals surface area contributed by atoms with E-state index in [2.05, 4.69) is 20.4 Å². The summed E-state index contributed by atoms with van der Waals surface area (Å²) < 4.78 is 5.93. The normalized spacial score (nSPS) is 30.7. The Morgan fingerprint density at radius 3 is 2.67 bits per heavy atom. The van der Waals surface area contributed by atoms with Crippen LogP contribution in [0.5, 0.6) is 0 Å². The van der Waals surface area contributed by atoms with Gasteiger partial charge in [0.25, 0.3) is 0 Å². The van der Waals surface area contributed by atoms with Gasteiger partial charge in [0, 0.05) is 36.4 Å². The van der Waals surface area contributed by atoms with E-state index in [0.717, 1.165) is 24.8 Å². The number of Topliss-reactive ketones (excluding diaryl/α,β-unsaturated/α-hetero) is 2. The number of carbonyl (C=O) groups excluding carboxylic acids is 2. The summed E-state index contributed by atoms with van der Waals surface area (Å²) in [6.45, 7) is 12.1. The minimum Gasteiger partial charge on any atom is -0.380 e. The molecule has 0 spiro atoms.